The molecule has 0 aliphatic carbocycles. The lowest BCUT2D eigenvalue weighted by Crippen LogP contribution is -2.23. The van der Waals surface area contributed by atoms with Crippen LogP contribution < -0.4 is 5.43 Å². The zero-order valence-corrected chi connectivity index (χ0v) is 11.3. The van der Waals surface area contributed by atoms with Gasteiger partial charge in [0.2, 0.25) is 0 Å². The second-order valence-corrected chi connectivity index (χ2v) is 4.49. The van der Waals surface area contributed by atoms with Gasteiger partial charge in [-0.15, -0.1) is 0 Å². The van der Waals surface area contributed by atoms with Crippen LogP contribution in [0.3, 0.4) is 0 Å². The van der Waals surface area contributed by atoms with Crippen LogP contribution in [0.1, 0.15) is 26.7 Å². The minimum atomic E-state index is -0.140. The summed E-state index contributed by atoms with van der Waals surface area (Å²) in [6.45, 7) is 4.22. The fourth-order valence-electron chi connectivity index (χ4n) is 1.90. The second kappa shape index (κ2) is 6.13. The van der Waals surface area contributed by atoms with Gasteiger partial charge in [0.05, 0.1) is 17.4 Å². The number of nitrogens with one attached hydrogen (secondary N) is 1. The average molecular weight is 258 g/mol. The van der Waals surface area contributed by atoms with Gasteiger partial charge >= 0.3 is 0 Å². The van der Waals surface area contributed by atoms with E-state index in [-0.39, 0.29) is 12.5 Å². The summed E-state index contributed by atoms with van der Waals surface area (Å²) in [4.78, 5) is 16.0. The van der Waals surface area contributed by atoms with Crippen molar-refractivity contribution < 1.29 is 4.79 Å². The van der Waals surface area contributed by atoms with E-state index < -0.39 is 0 Å². The van der Waals surface area contributed by atoms with Gasteiger partial charge < -0.3 is 4.57 Å². The Balaban J connectivity index is 2.01. The lowest BCUT2D eigenvalue weighted by Gasteiger charge is -2.04. The molecule has 0 unspecified atom stereocenters. The number of hydrogen-bond acceptors (Lipinski definition) is 3. The average Bonchev–Trinajstić information content (AvgIpc) is 2.80. The molecular weight excluding hydrogens is 240 g/mol. The number of aromatic nitrogens is 2. The molecule has 19 heavy (non-hydrogen) atoms. The molecule has 0 atom stereocenters. The Bertz CT molecular complexity index is 600. The molecule has 1 aromatic heterocycles. The van der Waals surface area contributed by atoms with Gasteiger partial charge in [0, 0.05) is 5.71 Å². The lowest BCUT2D eigenvalue weighted by molar-refractivity contribution is -0.121. The summed E-state index contributed by atoms with van der Waals surface area (Å²) in [5.41, 5.74) is 5.35. The number of hydrogen-bond donors (Lipinski definition) is 1. The number of rotatable bonds is 5. The van der Waals surface area contributed by atoms with E-state index in [1.54, 1.807) is 6.33 Å². The number of nitrogens with zero attached hydrogens (tertiary/aromatic N) is 3. The molecule has 0 aliphatic rings. The molecule has 100 valence electrons. The van der Waals surface area contributed by atoms with Crippen molar-refractivity contribution in [2.75, 3.05) is 0 Å². The first-order valence-electron chi connectivity index (χ1n) is 6.42. The first kappa shape index (κ1) is 13.3. The Kier molecular flexibility index (Phi) is 4.28. The fraction of sp³-hybridized carbons (Fsp3) is 0.357. The highest BCUT2D eigenvalue weighted by molar-refractivity contribution is 5.85. The quantitative estimate of drug-likeness (QED) is 0.661. The van der Waals surface area contributed by atoms with E-state index in [0.29, 0.717) is 0 Å². The molecule has 0 saturated carbocycles. The number of carbonyl (C=O) groups is 1. The summed E-state index contributed by atoms with van der Waals surface area (Å²) >= 11 is 0. The van der Waals surface area contributed by atoms with Crippen LogP contribution in [0.25, 0.3) is 11.0 Å². The van der Waals surface area contributed by atoms with Gasteiger partial charge in [-0.3, -0.25) is 4.79 Å². The highest BCUT2D eigenvalue weighted by Gasteiger charge is 2.06. The van der Waals surface area contributed by atoms with Crippen molar-refractivity contribution in [1.29, 1.82) is 0 Å². The molecule has 0 spiro atoms. The lowest BCUT2D eigenvalue weighted by atomic mass is 10.2. The number of benzene rings is 1. The van der Waals surface area contributed by atoms with Crippen LogP contribution in [0.15, 0.2) is 35.7 Å². The molecule has 1 aromatic carbocycles. The minimum absolute atomic E-state index is 0.140. The third-order valence-electron chi connectivity index (χ3n) is 2.82. The molecule has 0 saturated heterocycles. The highest BCUT2D eigenvalue weighted by Crippen LogP contribution is 2.11. The normalized spacial score (nSPS) is 11.8. The SMILES string of the molecule is CCC/C(C)=N\NC(=O)Cn1cnc2ccccc21. The summed E-state index contributed by atoms with van der Waals surface area (Å²) in [6.07, 6.45) is 3.60. The first-order chi connectivity index (χ1) is 9.20. The molecule has 2 aromatic rings. The van der Waals surface area contributed by atoms with Crippen LogP contribution in [0.2, 0.25) is 0 Å². The number of hydrazone groups is 1. The monoisotopic (exact) mass is 258 g/mol. The predicted molar refractivity (Wildman–Crippen MR) is 75.9 cm³/mol. The van der Waals surface area contributed by atoms with E-state index in [9.17, 15) is 4.79 Å². The molecule has 1 heterocycles. The number of para-hydroxylation sites is 2. The number of fused-ring (bicyclic) bond motifs is 1. The van der Waals surface area contributed by atoms with Crippen molar-refractivity contribution in [1.82, 2.24) is 15.0 Å². The zero-order chi connectivity index (χ0) is 13.7. The Labute approximate surface area is 112 Å². The third-order valence-corrected chi connectivity index (χ3v) is 2.82. The van der Waals surface area contributed by atoms with Crippen molar-refractivity contribution in [3.63, 3.8) is 0 Å². The van der Waals surface area contributed by atoms with E-state index in [0.717, 1.165) is 29.6 Å². The van der Waals surface area contributed by atoms with Crippen LogP contribution in [-0.2, 0) is 11.3 Å². The van der Waals surface area contributed by atoms with Crippen LogP contribution >= 0.6 is 0 Å². The number of carbonyl (C=O) groups excluding carboxylic acids is 1. The Morgan fingerprint density at radius 2 is 2.21 bits per heavy atom. The van der Waals surface area contributed by atoms with E-state index in [1.807, 2.05) is 35.8 Å². The topological polar surface area (TPSA) is 59.3 Å². The van der Waals surface area contributed by atoms with E-state index in [4.69, 9.17) is 0 Å². The molecule has 2 rings (SSSR count). The predicted octanol–water partition coefficient (Wildman–Crippen LogP) is 2.33. The van der Waals surface area contributed by atoms with E-state index >= 15 is 0 Å². The summed E-state index contributed by atoms with van der Waals surface area (Å²) < 4.78 is 1.81. The molecule has 0 fully saturated rings. The van der Waals surface area contributed by atoms with Crippen molar-refractivity contribution >= 4 is 22.7 Å². The van der Waals surface area contributed by atoms with Crippen LogP contribution in [0, 0.1) is 0 Å². The maximum Gasteiger partial charge on any atom is 0.260 e. The zero-order valence-electron chi connectivity index (χ0n) is 11.3. The maximum atomic E-state index is 11.8. The van der Waals surface area contributed by atoms with Gasteiger partial charge in [-0.05, 0) is 25.5 Å². The number of imidazole rings is 1. The second-order valence-electron chi connectivity index (χ2n) is 4.49. The van der Waals surface area contributed by atoms with E-state index in [1.165, 1.54) is 0 Å². The van der Waals surface area contributed by atoms with Gasteiger partial charge in [0.1, 0.15) is 6.54 Å². The van der Waals surface area contributed by atoms with Gasteiger partial charge in [0.25, 0.3) is 5.91 Å². The van der Waals surface area contributed by atoms with Gasteiger partial charge in [-0.2, -0.15) is 5.10 Å². The highest BCUT2D eigenvalue weighted by atomic mass is 16.2. The van der Waals surface area contributed by atoms with Crippen molar-refractivity contribution in [3.05, 3.63) is 30.6 Å². The van der Waals surface area contributed by atoms with E-state index in [2.05, 4.69) is 22.4 Å². The van der Waals surface area contributed by atoms with Gasteiger partial charge in [-0.1, -0.05) is 25.5 Å². The van der Waals surface area contributed by atoms with Crippen molar-refractivity contribution in [3.8, 4) is 0 Å². The molecule has 1 amide bonds. The molecule has 5 nitrogen and oxygen atoms in total. The molecular formula is C14H18N4O. The van der Waals surface area contributed by atoms with Crippen LogP contribution in [0.4, 0.5) is 0 Å². The van der Waals surface area contributed by atoms with Crippen molar-refractivity contribution in [2.24, 2.45) is 5.10 Å². The Hall–Kier alpha value is -2.17. The smallest absolute Gasteiger partial charge is 0.260 e. The molecule has 5 heteroatoms. The van der Waals surface area contributed by atoms with Crippen LogP contribution in [0.5, 0.6) is 0 Å². The van der Waals surface area contributed by atoms with Gasteiger partial charge in [-0.25, -0.2) is 10.4 Å². The minimum Gasteiger partial charge on any atom is -0.321 e. The molecule has 0 aliphatic heterocycles. The largest absolute Gasteiger partial charge is 0.321 e. The van der Waals surface area contributed by atoms with Gasteiger partial charge in [0.15, 0.2) is 0 Å². The molecule has 0 bridgehead atoms. The Morgan fingerprint density at radius 3 is 3.00 bits per heavy atom. The molecule has 0 radical (unpaired) electrons. The fourth-order valence-corrected chi connectivity index (χ4v) is 1.90. The summed E-state index contributed by atoms with van der Waals surface area (Å²) in [6, 6.07) is 7.73. The Morgan fingerprint density at radius 1 is 1.42 bits per heavy atom. The van der Waals surface area contributed by atoms with Crippen LogP contribution in [-0.4, -0.2) is 21.2 Å². The number of amides is 1. The van der Waals surface area contributed by atoms with Crippen molar-refractivity contribution in [2.45, 2.75) is 33.2 Å². The third kappa shape index (κ3) is 3.40. The molecule has 1 N–H and O–H groups in total. The first-order valence-corrected chi connectivity index (χ1v) is 6.42. The maximum absolute atomic E-state index is 11.8. The standard InChI is InChI=1S/C14H18N4O/c1-3-6-11(2)16-17-14(19)9-18-10-15-12-7-4-5-8-13(12)18/h4-5,7-8,10H,3,6,9H2,1-2H3,(H,17,19)/b16-11-. The summed E-state index contributed by atoms with van der Waals surface area (Å²) in [5, 5.41) is 4.06. The summed E-state index contributed by atoms with van der Waals surface area (Å²) in [7, 11) is 0. The summed E-state index contributed by atoms with van der Waals surface area (Å²) in [5.74, 6) is -0.140.